The normalized spacial score (nSPS) is 47.9. The molecule has 0 heterocycles. The second kappa shape index (κ2) is 4.37. The number of rotatable bonds is 0. The topological polar surface area (TPSA) is 0 Å². The molecule has 5 atom stereocenters. The average molecular weight is 258 g/mol. The summed E-state index contributed by atoms with van der Waals surface area (Å²) in [6.45, 7) is 5.13. The van der Waals surface area contributed by atoms with Gasteiger partial charge in [0, 0.05) is 0 Å². The molecule has 106 valence electrons. The van der Waals surface area contributed by atoms with Crippen LogP contribution in [0.5, 0.6) is 0 Å². The molecule has 0 aromatic rings. The average Bonchev–Trinajstić information content (AvgIpc) is 2.85. The lowest BCUT2D eigenvalue weighted by molar-refractivity contribution is 0.00224. The zero-order valence-electron chi connectivity index (χ0n) is 12.8. The second-order valence-corrected chi connectivity index (χ2v) is 8.58. The molecule has 0 nitrogen and oxygen atoms in total. The summed E-state index contributed by atoms with van der Waals surface area (Å²) in [5.41, 5.74) is 2.45. The molecule has 3 saturated carbocycles. The Kier molecular flexibility index (Phi) is 2.87. The second-order valence-electron chi connectivity index (χ2n) is 8.58. The third-order valence-electron chi connectivity index (χ3n) is 7.32. The van der Waals surface area contributed by atoms with Crippen LogP contribution in [0.2, 0.25) is 0 Å². The van der Waals surface area contributed by atoms with Crippen molar-refractivity contribution in [3.05, 3.63) is 11.6 Å². The highest BCUT2D eigenvalue weighted by molar-refractivity contribution is 5.20. The highest BCUT2D eigenvalue weighted by atomic mass is 14.6. The molecule has 4 aliphatic carbocycles. The predicted octanol–water partition coefficient (Wildman–Crippen LogP) is 5.59. The van der Waals surface area contributed by atoms with E-state index in [1.807, 2.05) is 5.57 Å². The van der Waals surface area contributed by atoms with E-state index in [0.717, 1.165) is 29.6 Å². The third kappa shape index (κ3) is 1.85. The lowest BCUT2D eigenvalue weighted by Gasteiger charge is -2.54. The van der Waals surface area contributed by atoms with Gasteiger partial charge in [-0.05, 0) is 80.0 Å². The smallest absolute Gasteiger partial charge is 0.0121 e. The highest BCUT2D eigenvalue weighted by Crippen LogP contribution is 2.60. The van der Waals surface area contributed by atoms with E-state index in [0.29, 0.717) is 5.41 Å². The Morgan fingerprint density at radius 1 is 0.947 bits per heavy atom. The van der Waals surface area contributed by atoms with Gasteiger partial charge in [0.1, 0.15) is 0 Å². The fourth-order valence-electron chi connectivity index (χ4n) is 6.63. The van der Waals surface area contributed by atoms with Gasteiger partial charge in [-0.3, -0.25) is 0 Å². The first-order valence-electron chi connectivity index (χ1n) is 8.86. The first-order chi connectivity index (χ1) is 9.17. The minimum atomic E-state index is 0.582. The van der Waals surface area contributed by atoms with E-state index in [-0.39, 0.29) is 0 Å². The van der Waals surface area contributed by atoms with E-state index in [2.05, 4.69) is 19.9 Å². The molecule has 4 aliphatic rings. The number of hydrogen-bond acceptors (Lipinski definition) is 0. The van der Waals surface area contributed by atoms with Crippen molar-refractivity contribution in [2.75, 3.05) is 0 Å². The van der Waals surface area contributed by atoms with E-state index in [1.165, 1.54) is 32.1 Å². The standard InChI is InChI=1S/C19H30/c1-19(2)12-4-6-14-9-10-16-15-7-3-5-13(15)8-11-17(16)18(14)19/h6,13,15-18H,3-5,7-12H2,1-2H3. The van der Waals surface area contributed by atoms with Crippen LogP contribution in [0.15, 0.2) is 11.6 Å². The molecule has 0 heteroatoms. The van der Waals surface area contributed by atoms with Gasteiger partial charge in [-0.15, -0.1) is 0 Å². The van der Waals surface area contributed by atoms with Gasteiger partial charge < -0.3 is 0 Å². The lowest BCUT2D eigenvalue weighted by atomic mass is 9.51. The van der Waals surface area contributed by atoms with Crippen LogP contribution in [0.3, 0.4) is 0 Å². The summed E-state index contributed by atoms with van der Waals surface area (Å²) in [5.74, 6) is 5.34. The molecule has 4 rings (SSSR count). The molecule has 0 aromatic carbocycles. The molecule has 0 aliphatic heterocycles. The molecule has 0 aromatic heterocycles. The molecule has 0 spiro atoms. The molecular weight excluding hydrogens is 228 g/mol. The van der Waals surface area contributed by atoms with Crippen molar-refractivity contribution < 1.29 is 0 Å². The SMILES string of the molecule is CC1(C)CCC=C2CCC3C4CCCC4CCC3C21. The van der Waals surface area contributed by atoms with Gasteiger partial charge in [0.25, 0.3) is 0 Å². The summed E-state index contributed by atoms with van der Waals surface area (Å²) in [6.07, 6.45) is 16.2. The molecule has 5 unspecified atom stereocenters. The van der Waals surface area contributed by atoms with Gasteiger partial charge in [0.15, 0.2) is 0 Å². The summed E-state index contributed by atoms with van der Waals surface area (Å²) in [7, 11) is 0. The van der Waals surface area contributed by atoms with Crippen molar-refractivity contribution in [2.45, 2.75) is 71.6 Å². The Morgan fingerprint density at radius 2 is 1.84 bits per heavy atom. The van der Waals surface area contributed by atoms with Crippen LogP contribution in [0, 0.1) is 35.0 Å². The number of fused-ring (bicyclic) bond motifs is 5. The molecular formula is C19H30. The molecule has 0 bridgehead atoms. The Bertz CT molecular complexity index is 389. The first kappa shape index (κ1) is 12.5. The van der Waals surface area contributed by atoms with Crippen LogP contribution in [-0.2, 0) is 0 Å². The summed E-state index contributed by atoms with van der Waals surface area (Å²) in [5, 5.41) is 0. The van der Waals surface area contributed by atoms with E-state index in [1.54, 1.807) is 25.7 Å². The van der Waals surface area contributed by atoms with Gasteiger partial charge in [-0.25, -0.2) is 0 Å². The van der Waals surface area contributed by atoms with Gasteiger partial charge in [-0.1, -0.05) is 38.3 Å². The summed E-state index contributed by atoms with van der Waals surface area (Å²) >= 11 is 0. The molecule has 3 fully saturated rings. The van der Waals surface area contributed by atoms with Crippen molar-refractivity contribution in [2.24, 2.45) is 35.0 Å². The predicted molar refractivity (Wildman–Crippen MR) is 80.9 cm³/mol. The Hall–Kier alpha value is -0.260. The zero-order chi connectivity index (χ0) is 13.0. The monoisotopic (exact) mass is 258 g/mol. The minimum Gasteiger partial charge on any atom is -0.0850 e. The lowest BCUT2D eigenvalue weighted by Crippen LogP contribution is -2.46. The minimum absolute atomic E-state index is 0.582. The van der Waals surface area contributed by atoms with Crippen LogP contribution < -0.4 is 0 Å². The van der Waals surface area contributed by atoms with E-state index in [4.69, 9.17) is 0 Å². The van der Waals surface area contributed by atoms with Gasteiger partial charge in [0.2, 0.25) is 0 Å². The van der Waals surface area contributed by atoms with Crippen molar-refractivity contribution in [3.8, 4) is 0 Å². The summed E-state index contributed by atoms with van der Waals surface area (Å²) in [6, 6.07) is 0. The molecule has 0 radical (unpaired) electrons. The molecule has 0 N–H and O–H groups in total. The van der Waals surface area contributed by atoms with E-state index >= 15 is 0 Å². The number of hydrogen-bond donors (Lipinski definition) is 0. The molecule has 19 heavy (non-hydrogen) atoms. The first-order valence-corrected chi connectivity index (χ1v) is 8.86. The van der Waals surface area contributed by atoms with Crippen LogP contribution >= 0.6 is 0 Å². The van der Waals surface area contributed by atoms with Crippen LogP contribution in [-0.4, -0.2) is 0 Å². The van der Waals surface area contributed by atoms with E-state index in [9.17, 15) is 0 Å². The fourth-order valence-corrected chi connectivity index (χ4v) is 6.63. The van der Waals surface area contributed by atoms with Gasteiger partial charge in [-0.2, -0.15) is 0 Å². The zero-order valence-corrected chi connectivity index (χ0v) is 12.8. The largest absolute Gasteiger partial charge is 0.0850 e. The summed E-state index contributed by atoms with van der Waals surface area (Å²) in [4.78, 5) is 0. The quantitative estimate of drug-likeness (QED) is 0.497. The third-order valence-corrected chi connectivity index (χ3v) is 7.32. The van der Waals surface area contributed by atoms with Crippen molar-refractivity contribution in [3.63, 3.8) is 0 Å². The maximum absolute atomic E-state index is 2.63. The van der Waals surface area contributed by atoms with Crippen LogP contribution in [0.4, 0.5) is 0 Å². The van der Waals surface area contributed by atoms with Crippen molar-refractivity contribution >= 4 is 0 Å². The Balaban J connectivity index is 1.66. The van der Waals surface area contributed by atoms with Crippen molar-refractivity contribution in [1.82, 2.24) is 0 Å². The summed E-state index contributed by atoms with van der Waals surface area (Å²) < 4.78 is 0. The molecule has 0 saturated heterocycles. The number of allylic oxidation sites excluding steroid dienone is 2. The van der Waals surface area contributed by atoms with Crippen LogP contribution in [0.25, 0.3) is 0 Å². The molecule has 0 amide bonds. The maximum atomic E-state index is 2.63. The maximum Gasteiger partial charge on any atom is -0.0121 e. The van der Waals surface area contributed by atoms with Crippen LogP contribution in [0.1, 0.15) is 71.6 Å². The fraction of sp³-hybridized carbons (Fsp3) is 0.895. The van der Waals surface area contributed by atoms with Gasteiger partial charge in [0.05, 0.1) is 0 Å². The van der Waals surface area contributed by atoms with Gasteiger partial charge >= 0.3 is 0 Å². The van der Waals surface area contributed by atoms with E-state index < -0.39 is 0 Å². The van der Waals surface area contributed by atoms with Crippen molar-refractivity contribution in [1.29, 1.82) is 0 Å². The highest BCUT2D eigenvalue weighted by Gasteiger charge is 2.50. The Labute approximate surface area is 119 Å². The Morgan fingerprint density at radius 3 is 2.74 bits per heavy atom.